The molecular formula is C13H13NO3S2. The van der Waals surface area contributed by atoms with Gasteiger partial charge in [0.25, 0.3) is 0 Å². The first-order valence-corrected chi connectivity index (χ1v) is 7.81. The highest BCUT2D eigenvalue weighted by molar-refractivity contribution is 7.29. The van der Waals surface area contributed by atoms with Gasteiger partial charge in [0.2, 0.25) is 5.91 Å². The number of thiophene rings is 2. The number of carbonyl (C=O) groups is 2. The monoisotopic (exact) mass is 295 g/mol. The van der Waals surface area contributed by atoms with Crippen LogP contribution in [0.2, 0.25) is 0 Å². The third-order valence-electron chi connectivity index (χ3n) is 3.36. The molecule has 0 radical (unpaired) electrons. The van der Waals surface area contributed by atoms with Gasteiger partial charge in [-0.05, 0) is 24.5 Å². The van der Waals surface area contributed by atoms with E-state index in [9.17, 15) is 14.7 Å². The van der Waals surface area contributed by atoms with Gasteiger partial charge in [-0.1, -0.05) is 6.92 Å². The number of aromatic carboxylic acids is 1. The van der Waals surface area contributed by atoms with Gasteiger partial charge in [0.15, 0.2) is 0 Å². The second kappa shape index (κ2) is 4.61. The van der Waals surface area contributed by atoms with Crippen LogP contribution < -0.4 is 5.32 Å². The van der Waals surface area contributed by atoms with Crippen LogP contribution in [-0.4, -0.2) is 17.0 Å². The molecule has 1 atom stereocenters. The maximum Gasteiger partial charge on any atom is 0.346 e. The van der Waals surface area contributed by atoms with Crippen LogP contribution in [0.3, 0.4) is 0 Å². The Hall–Kier alpha value is -1.40. The molecule has 2 N–H and O–H groups in total. The van der Waals surface area contributed by atoms with Gasteiger partial charge in [-0.2, -0.15) is 0 Å². The smallest absolute Gasteiger partial charge is 0.346 e. The minimum absolute atomic E-state index is 0.101. The zero-order valence-electron chi connectivity index (χ0n) is 10.4. The van der Waals surface area contributed by atoms with Crippen molar-refractivity contribution in [3.05, 3.63) is 21.4 Å². The summed E-state index contributed by atoms with van der Waals surface area (Å²) in [4.78, 5) is 24.0. The van der Waals surface area contributed by atoms with E-state index < -0.39 is 5.97 Å². The van der Waals surface area contributed by atoms with Gasteiger partial charge in [0.1, 0.15) is 4.88 Å². The molecule has 0 spiro atoms. The molecule has 1 fully saturated rings. The Balaban J connectivity index is 2.05. The Bertz CT molecular complexity index is 671. The van der Waals surface area contributed by atoms with Crippen molar-refractivity contribution in [2.24, 2.45) is 0 Å². The van der Waals surface area contributed by atoms with E-state index in [1.54, 1.807) is 11.3 Å². The van der Waals surface area contributed by atoms with Crippen molar-refractivity contribution in [1.82, 2.24) is 5.32 Å². The van der Waals surface area contributed by atoms with Crippen molar-refractivity contribution in [2.75, 3.05) is 0 Å². The second-order valence-electron chi connectivity index (χ2n) is 4.57. The predicted octanol–water partition coefficient (Wildman–Crippen LogP) is 3.17. The van der Waals surface area contributed by atoms with E-state index in [2.05, 4.69) is 5.32 Å². The summed E-state index contributed by atoms with van der Waals surface area (Å²) in [6.07, 6.45) is 2.13. The van der Waals surface area contributed by atoms with Crippen molar-refractivity contribution < 1.29 is 14.7 Å². The number of amides is 1. The van der Waals surface area contributed by atoms with E-state index in [-0.39, 0.29) is 11.9 Å². The number of rotatable bonds is 3. The zero-order valence-corrected chi connectivity index (χ0v) is 12.0. The summed E-state index contributed by atoms with van der Waals surface area (Å²) in [5.41, 5.74) is 0.924. The highest BCUT2D eigenvalue weighted by Crippen LogP contribution is 2.41. The number of carboxylic acid groups (broad SMARTS) is 1. The van der Waals surface area contributed by atoms with Crippen LogP contribution >= 0.6 is 22.7 Å². The lowest BCUT2D eigenvalue weighted by molar-refractivity contribution is -0.119. The number of hydrogen-bond acceptors (Lipinski definition) is 4. The Morgan fingerprint density at radius 2 is 2.32 bits per heavy atom. The Labute approximate surface area is 118 Å². The summed E-state index contributed by atoms with van der Waals surface area (Å²) in [7, 11) is 0. The summed E-state index contributed by atoms with van der Waals surface area (Å²) < 4.78 is 2.09. The molecule has 3 rings (SSSR count). The molecule has 2 aromatic heterocycles. The predicted molar refractivity (Wildman–Crippen MR) is 76.2 cm³/mol. The maximum absolute atomic E-state index is 11.3. The van der Waals surface area contributed by atoms with Crippen molar-refractivity contribution in [3.63, 3.8) is 0 Å². The number of carbonyl (C=O) groups excluding carboxylic acids is 1. The first-order chi connectivity index (χ1) is 9.10. The highest BCUT2D eigenvalue weighted by Gasteiger charge is 2.26. The Morgan fingerprint density at radius 3 is 2.89 bits per heavy atom. The van der Waals surface area contributed by atoms with Crippen LogP contribution in [-0.2, 0) is 11.2 Å². The summed E-state index contributed by atoms with van der Waals surface area (Å²) in [6.45, 7) is 1.98. The van der Waals surface area contributed by atoms with Crippen LogP contribution in [0.1, 0.15) is 45.9 Å². The van der Waals surface area contributed by atoms with E-state index in [0.29, 0.717) is 11.3 Å². The van der Waals surface area contributed by atoms with Crippen molar-refractivity contribution in [3.8, 4) is 0 Å². The lowest BCUT2D eigenvalue weighted by Crippen LogP contribution is -2.17. The van der Waals surface area contributed by atoms with E-state index in [4.69, 9.17) is 0 Å². The molecule has 1 aliphatic heterocycles. The van der Waals surface area contributed by atoms with Crippen LogP contribution in [0.15, 0.2) is 6.07 Å². The Kier molecular flexibility index (Phi) is 3.06. The number of hydrogen-bond donors (Lipinski definition) is 2. The molecule has 3 heterocycles. The van der Waals surface area contributed by atoms with E-state index >= 15 is 0 Å². The lowest BCUT2D eigenvalue weighted by Gasteiger charge is -2.05. The summed E-state index contributed by atoms with van der Waals surface area (Å²) in [5, 5.41) is 12.1. The first-order valence-electron chi connectivity index (χ1n) is 6.18. The number of carboxylic acids is 1. The minimum Gasteiger partial charge on any atom is -0.477 e. The molecule has 100 valence electrons. The minimum atomic E-state index is -0.846. The third kappa shape index (κ3) is 2.04. The first kappa shape index (κ1) is 12.6. The average Bonchev–Trinajstić information content (AvgIpc) is 3.00. The lowest BCUT2D eigenvalue weighted by atomic mass is 10.2. The normalized spacial score (nSPS) is 19.0. The van der Waals surface area contributed by atoms with E-state index in [1.165, 1.54) is 11.3 Å². The summed E-state index contributed by atoms with van der Waals surface area (Å²) in [6, 6.07) is 2.14. The third-order valence-corrected chi connectivity index (χ3v) is 5.97. The van der Waals surface area contributed by atoms with Gasteiger partial charge in [-0.15, -0.1) is 22.7 Å². The SMILES string of the molecule is CCc1c(C(=O)O)sc2cc(C3CCC(=O)N3)sc12. The van der Waals surface area contributed by atoms with Gasteiger partial charge >= 0.3 is 5.97 Å². The van der Waals surface area contributed by atoms with E-state index in [1.807, 2.05) is 13.0 Å². The van der Waals surface area contributed by atoms with E-state index in [0.717, 1.165) is 32.7 Å². The molecule has 1 saturated heterocycles. The molecule has 0 bridgehead atoms. The number of aryl methyl sites for hydroxylation is 1. The largest absolute Gasteiger partial charge is 0.477 e. The van der Waals surface area contributed by atoms with Gasteiger partial charge in [0, 0.05) is 20.7 Å². The van der Waals surface area contributed by atoms with Crippen molar-refractivity contribution in [2.45, 2.75) is 32.2 Å². The zero-order chi connectivity index (χ0) is 13.6. The van der Waals surface area contributed by atoms with Gasteiger partial charge in [-0.25, -0.2) is 4.79 Å². The fourth-order valence-electron chi connectivity index (χ4n) is 2.45. The summed E-state index contributed by atoms with van der Waals surface area (Å²) >= 11 is 2.95. The van der Waals surface area contributed by atoms with Crippen LogP contribution in [0.5, 0.6) is 0 Å². The molecule has 1 aliphatic rings. The van der Waals surface area contributed by atoms with Crippen LogP contribution in [0.25, 0.3) is 9.40 Å². The molecule has 0 aromatic carbocycles. The van der Waals surface area contributed by atoms with Crippen molar-refractivity contribution in [1.29, 1.82) is 0 Å². The van der Waals surface area contributed by atoms with Crippen molar-refractivity contribution >= 4 is 43.9 Å². The quantitative estimate of drug-likeness (QED) is 0.914. The molecule has 1 unspecified atom stereocenters. The molecule has 4 nitrogen and oxygen atoms in total. The molecule has 0 saturated carbocycles. The fraction of sp³-hybridized carbons (Fsp3) is 0.385. The fourth-order valence-corrected chi connectivity index (χ4v) is 5.17. The number of nitrogens with one attached hydrogen (secondary N) is 1. The molecule has 2 aromatic rings. The number of fused-ring (bicyclic) bond motifs is 1. The Morgan fingerprint density at radius 1 is 1.53 bits per heavy atom. The molecule has 0 aliphatic carbocycles. The topological polar surface area (TPSA) is 66.4 Å². The molecule has 1 amide bonds. The highest BCUT2D eigenvalue weighted by atomic mass is 32.1. The van der Waals surface area contributed by atoms with Crippen LogP contribution in [0.4, 0.5) is 0 Å². The summed E-state index contributed by atoms with van der Waals surface area (Å²) in [5.74, 6) is -0.746. The molecule has 6 heteroatoms. The standard InChI is InChI=1S/C13H13NO3S2/c1-2-6-11-9(19-12(6)13(16)17)5-8(18-11)7-3-4-10(15)14-7/h5,7H,2-4H2,1H3,(H,14,15)(H,16,17). The average molecular weight is 295 g/mol. The van der Waals surface area contributed by atoms with Gasteiger partial charge in [0.05, 0.1) is 6.04 Å². The molecular weight excluding hydrogens is 282 g/mol. The second-order valence-corrected chi connectivity index (χ2v) is 6.71. The maximum atomic E-state index is 11.3. The van der Waals surface area contributed by atoms with Gasteiger partial charge in [-0.3, -0.25) is 4.79 Å². The molecule has 19 heavy (non-hydrogen) atoms. The van der Waals surface area contributed by atoms with Crippen LogP contribution in [0, 0.1) is 0 Å². The van der Waals surface area contributed by atoms with Gasteiger partial charge < -0.3 is 10.4 Å².